The molecule has 0 spiro atoms. The second kappa shape index (κ2) is 72.9. The van der Waals surface area contributed by atoms with Crippen LogP contribution in [0.25, 0.3) is 0 Å². The van der Waals surface area contributed by atoms with Gasteiger partial charge in [0.25, 0.3) is 0 Å². The molecule has 0 heterocycles. The summed E-state index contributed by atoms with van der Waals surface area (Å²) in [5.41, 5.74) is 0. The Labute approximate surface area is 632 Å². The molecule has 8 atom stereocenters. The Balaban J connectivity index is 5.21. The third-order valence-corrected chi connectivity index (χ3v) is 22.6. The molecular formula is C84H164O17P2. The van der Waals surface area contributed by atoms with Gasteiger partial charge in [-0.3, -0.25) is 37.3 Å². The SMILES string of the molecule is CCC(C)CCCCCCCCCCCCCCCCCCCCC(=O)O[C@H](COC(=O)CCCCCCCCC(C)CC)COP(=O)(O)OC[C@H](O)COP(=O)(O)OC[C@@H](COC(=O)CCCCCCCCCCCCC(C)CC)OC(=O)CCCCCCCCCCCCCCCCC(C)C. The summed E-state index contributed by atoms with van der Waals surface area (Å²) in [7, 11) is -9.93. The topological polar surface area (TPSA) is 237 Å². The summed E-state index contributed by atoms with van der Waals surface area (Å²) >= 11 is 0. The third kappa shape index (κ3) is 74.0. The molecule has 612 valence electrons. The van der Waals surface area contributed by atoms with Gasteiger partial charge in [0, 0.05) is 25.7 Å². The standard InChI is InChI=1S/C84H164O17P2/c1-9-75(6)61-53-45-37-31-25-21-16-14-12-13-15-17-22-26-34-40-50-58-67-84(89)101-80(71-95-82(87)65-57-49-43-42-47-55-63-77(8)11-3)73-99-103(92,93)97-69-78(85)68-96-102(90,91)98-72-79(70-94-81(86)64-56-48-39-33-29-28-32-38-46-54-62-76(7)10-2)100-83(88)66-59-51-41-35-27-23-19-18-20-24-30-36-44-52-60-74(4)5/h74-80,85H,9-73H2,1-8H3,(H,90,91)(H,92,93)/t75?,76?,77?,78-,79-,80-/m1/s1. The van der Waals surface area contributed by atoms with Crippen molar-refractivity contribution in [3.63, 3.8) is 0 Å². The highest BCUT2D eigenvalue weighted by molar-refractivity contribution is 7.47. The summed E-state index contributed by atoms with van der Waals surface area (Å²) < 4.78 is 68.8. The number of ether oxygens (including phenoxy) is 4. The fraction of sp³-hybridized carbons (Fsp3) is 0.952. The van der Waals surface area contributed by atoms with E-state index in [1.807, 2.05) is 0 Å². The number of esters is 4. The molecule has 0 aliphatic heterocycles. The van der Waals surface area contributed by atoms with Crippen LogP contribution in [0, 0.1) is 23.7 Å². The van der Waals surface area contributed by atoms with E-state index in [-0.39, 0.29) is 25.7 Å². The summed E-state index contributed by atoms with van der Waals surface area (Å²) in [4.78, 5) is 73.1. The van der Waals surface area contributed by atoms with Crippen LogP contribution in [0.5, 0.6) is 0 Å². The van der Waals surface area contributed by atoms with Gasteiger partial charge in [-0.1, -0.05) is 383 Å². The molecule has 0 bridgehead atoms. The van der Waals surface area contributed by atoms with E-state index in [0.717, 1.165) is 120 Å². The van der Waals surface area contributed by atoms with Crippen molar-refractivity contribution in [1.29, 1.82) is 0 Å². The molecule has 3 N–H and O–H groups in total. The Morgan fingerprint density at radius 1 is 0.272 bits per heavy atom. The minimum atomic E-state index is -4.96. The molecule has 0 saturated heterocycles. The average Bonchev–Trinajstić information content (AvgIpc) is 0.906. The molecule has 0 aromatic heterocycles. The molecule has 0 aliphatic rings. The number of carbonyl (C=O) groups excluding carboxylic acids is 4. The van der Waals surface area contributed by atoms with E-state index < -0.39 is 97.5 Å². The van der Waals surface area contributed by atoms with Crippen LogP contribution < -0.4 is 0 Å². The molecule has 17 nitrogen and oxygen atoms in total. The average molecular weight is 1510 g/mol. The van der Waals surface area contributed by atoms with Gasteiger partial charge in [-0.15, -0.1) is 0 Å². The monoisotopic (exact) mass is 1510 g/mol. The highest BCUT2D eigenvalue weighted by atomic mass is 31.2. The van der Waals surface area contributed by atoms with E-state index in [0.29, 0.717) is 25.7 Å². The first kappa shape index (κ1) is 101. The van der Waals surface area contributed by atoms with Gasteiger partial charge >= 0.3 is 39.5 Å². The number of hydrogen-bond acceptors (Lipinski definition) is 15. The molecule has 0 radical (unpaired) electrons. The number of carbonyl (C=O) groups is 4. The predicted molar refractivity (Wildman–Crippen MR) is 423 cm³/mol. The van der Waals surface area contributed by atoms with Crippen molar-refractivity contribution in [2.45, 2.75) is 453 Å². The zero-order valence-corrected chi connectivity index (χ0v) is 69.7. The molecule has 103 heavy (non-hydrogen) atoms. The van der Waals surface area contributed by atoms with Crippen molar-refractivity contribution in [3.8, 4) is 0 Å². The molecular weight excluding hydrogens is 1340 g/mol. The van der Waals surface area contributed by atoms with Gasteiger partial charge in [-0.2, -0.15) is 0 Å². The van der Waals surface area contributed by atoms with Crippen LogP contribution in [0.15, 0.2) is 0 Å². The smallest absolute Gasteiger partial charge is 0.462 e. The number of unbranched alkanes of at least 4 members (excludes halogenated alkanes) is 44. The van der Waals surface area contributed by atoms with Crippen LogP contribution in [0.1, 0.15) is 434 Å². The second-order valence-electron chi connectivity index (χ2n) is 31.4. The molecule has 0 aromatic carbocycles. The van der Waals surface area contributed by atoms with Crippen LogP contribution in [0.2, 0.25) is 0 Å². The Bertz CT molecular complexity index is 2010. The maximum absolute atomic E-state index is 13.1. The fourth-order valence-electron chi connectivity index (χ4n) is 12.9. The predicted octanol–water partition coefficient (Wildman–Crippen LogP) is 25.2. The van der Waals surface area contributed by atoms with Gasteiger partial charge in [0.2, 0.25) is 0 Å². The van der Waals surface area contributed by atoms with Crippen LogP contribution in [0.3, 0.4) is 0 Å². The van der Waals surface area contributed by atoms with Gasteiger partial charge < -0.3 is 33.8 Å². The first-order valence-electron chi connectivity index (χ1n) is 43.3. The molecule has 0 saturated carbocycles. The first-order chi connectivity index (χ1) is 49.7. The highest BCUT2D eigenvalue weighted by Gasteiger charge is 2.30. The van der Waals surface area contributed by atoms with Crippen molar-refractivity contribution >= 4 is 39.5 Å². The number of phosphoric ester groups is 2. The summed E-state index contributed by atoms with van der Waals surface area (Å²) in [6, 6.07) is 0. The largest absolute Gasteiger partial charge is 0.472 e. The van der Waals surface area contributed by atoms with Gasteiger partial charge in [0.05, 0.1) is 26.4 Å². The molecule has 0 rings (SSSR count). The lowest BCUT2D eigenvalue weighted by Gasteiger charge is -2.21. The van der Waals surface area contributed by atoms with Crippen molar-refractivity contribution < 1.29 is 80.2 Å². The first-order valence-corrected chi connectivity index (χ1v) is 46.3. The maximum atomic E-state index is 13.1. The number of rotatable bonds is 81. The van der Waals surface area contributed by atoms with Crippen molar-refractivity contribution in [3.05, 3.63) is 0 Å². The fourth-order valence-corrected chi connectivity index (χ4v) is 14.4. The summed E-state index contributed by atoms with van der Waals surface area (Å²) in [5, 5.41) is 10.7. The Morgan fingerprint density at radius 3 is 0.689 bits per heavy atom. The quantitative estimate of drug-likeness (QED) is 0.0222. The maximum Gasteiger partial charge on any atom is 0.472 e. The lowest BCUT2D eigenvalue weighted by Crippen LogP contribution is -2.30. The Hall–Kier alpha value is -1.94. The van der Waals surface area contributed by atoms with E-state index in [9.17, 15) is 43.2 Å². The zero-order chi connectivity index (χ0) is 76.0. The normalized spacial score (nSPS) is 14.8. The second-order valence-corrected chi connectivity index (χ2v) is 34.3. The number of aliphatic hydroxyl groups excluding tert-OH is 1. The third-order valence-electron chi connectivity index (χ3n) is 20.7. The number of aliphatic hydroxyl groups is 1. The minimum absolute atomic E-state index is 0.107. The van der Waals surface area contributed by atoms with E-state index in [1.54, 1.807) is 0 Å². The molecule has 0 amide bonds. The van der Waals surface area contributed by atoms with Gasteiger partial charge in [0.1, 0.15) is 19.3 Å². The molecule has 0 fully saturated rings. The lowest BCUT2D eigenvalue weighted by atomic mass is 9.99. The Morgan fingerprint density at radius 2 is 0.466 bits per heavy atom. The van der Waals surface area contributed by atoms with Crippen LogP contribution in [-0.2, 0) is 65.4 Å². The minimum Gasteiger partial charge on any atom is -0.462 e. The zero-order valence-electron chi connectivity index (χ0n) is 68.0. The van der Waals surface area contributed by atoms with Crippen molar-refractivity contribution in [2.75, 3.05) is 39.6 Å². The number of phosphoric acid groups is 2. The van der Waals surface area contributed by atoms with Crippen LogP contribution in [-0.4, -0.2) is 96.7 Å². The summed E-state index contributed by atoms with van der Waals surface area (Å²) in [5.74, 6) is 1.09. The van der Waals surface area contributed by atoms with Crippen LogP contribution in [0.4, 0.5) is 0 Å². The van der Waals surface area contributed by atoms with Gasteiger partial charge in [0.15, 0.2) is 12.2 Å². The molecule has 0 aliphatic carbocycles. The highest BCUT2D eigenvalue weighted by Crippen LogP contribution is 2.45. The van der Waals surface area contributed by atoms with E-state index in [4.69, 9.17) is 37.0 Å². The molecule has 5 unspecified atom stereocenters. The molecule has 0 aromatic rings. The summed E-state index contributed by atoms with van der Waals surface area (Å²) in [6.07, 6.45) is 61.0. The Kier molecular flexibility index (Phi) is 71.5. The van der Waals surface area contributed by atoms with Gasteiger partial charge in [-0.25, -0.2) is 9.13 Å². The van der Waals surface area contributed by atoms with E-state index in [2.05, 4.69) is 55.4 Å². The lowest BCUT2D eigenvalue weighted by molar-refractivity contribution is -0.161. The van der Waals surface area contributed by atoms with E-state index in [1.165, 1.54) is 231 Å². The molecule has 19 heteroatoms. The van der Waals surface area contributed by atoms with Crippen LogP contribution >= 0.6 is 15.6 Å². The van der Waals surface area contributed by atoms with E-state index >= 15 is 0 Å². The van der Waals surface area contributed by atoms with Crippen molar-refractivity contribution in [1.82, 2.24) is 0 Å². The van der Waals surface area contributed by atoms with Crippen molar-refractivity contribution in [2.24, 2.45) is 23.7 Å². The summed E-state index contributed by atoms with van der Waals surface area (Å²) in [6.45, 7) is 14.3. The number of hydrogen-bond donors (Lipinski definition) is 3. The van der Waals surface area contributed by atoms with Gasteiger partial charge in [-0.05, 0) is 49.4 Å².